The van der Waals surface area contributed by atoms with Crippen molar-refractivity contribution >= 4 is 33.3 Å². The number of aromatic nitrogens is 2. The summed E-state index contributed by atoms with van der Waals surface area (Å²) in [4.78, 5) is 24.5. The van der Waals surface area contributed by atoms with Crippen LogP contribution in [0.25, 0.3) is 21.3 Å². The van der Waals surface area contributed by atoms with Crippen LogP contribution in [0.4, 0.5) is 5.82 Å². The van der Waals surface area contributed by atoms with E-state index in [9.17, 15) is 4.79 Å². The van der Waals surface area contributed by atoms with E-state index < -0.39 is 0 Å². The van der Waals surface area contributed by atoms with E-state index in [-0.39, 0.29) is 11.9 Å². The molecule has 1 aromatic carbocycles. The van der Waals surface area contributed by atoms with Crippen molar-refractivity contribution in [2.24, 2.45) is 5.92 Å². The molecule has 0 N–H and O–H groups in total. The molecule has 0 unspecified atom stereocenters. The zero-order valence-electron chi connectivity index (χ0n) is 16.6. The molecule has 3 aromatic rings. The highest BCUT2D eigenvalue weighted by Gasteiger charge is 2.28. The first-order valence-corrected chi connectivity index (χ1v) is 10.7. The van der Waals surface area contributed by atoms with Gasteiger partial charge in [-0.25, -0.2) is 9.97 Å². The van der Waals surface area contributed by atoms with Crippen molar-refractivity contribution in [1.82, 2.24) is 9.97 Å². The average molecular weight is 396 g/mol. The van der Waals surface area contributed by atoms with Crippen molar-refractivity contribution in [2.45, 2.75) is 33.6 Å². The number of hydrogen-bond donors (Lipinski definition) is 0. The van der Waals surface area contributed by atoms with Gasteiger partial charge in [-0.2, -0.15) is 0 Å². The Labute approximate surface area is 169 Å². The summed E-state index contributed by atoms with van der Waals surface area (Å²) >= 11 is 1.66. The predicted octanol–water partition coefficient (Wildman–Crippen LogP) is 4.75. The standard InChI is InChI=1S/C22H25N3O2S/c1-4-27-22(26)16-7-9-25(10-8-16)20-19-18(12-28-21(19)24-13-23-20)17-6-5-14(2)11-15(17)3/h5-6,11-13,16H,4,7-10H2,1-3H3. The summed E-state index contributed by atoms with van der Waals surface area (Å²) in [5.74, 6) is 0.903. The molecule has 0 amide bonds. The summed E-state index contributed by atoms with van der Waals surface area (Å²) in [5.41, 5.74) is 4.95. The van der Waals surface area contributed by atoms with Gasteiger partial charge in [0.05, 0.1) is 17.9 Å². The number of esters is 1. The van der Waals surface area contributed by atoms with Crippen LogP contribution in [-0.4, -0.2) is 35.6 Å². The van der Waals surface area contributed by atoms with Crippen LogP contribution in [0.2, 0.25) is 0 Å². The molecule has 0 atom stereocenters. The molecule has 1 saturated heterocycles. The second kappa shape index (κ2) is 7.87. The molecular formula is C22H25N3O2S. The zero-order chi connectivity index (χ0) is 19.7. The molecule has 0 aliphatic carbocycles. The Morgan fingerprint density at radius 2 is 2.00 bits per heavy atom. The maximum atomic E-state index is 12.1. The Kier molecular flexibility index (Phi) is 5.31. The number of carbonyl (C=O) groups excluding carboxylic acids is 1. The van der Waals surface area contributed by atoms with Crippen LogP contribution in [-0.2, 0) is 9.53 Å². The van der Waals surface area contributed by atoms with E-state index in [2.05, 4.69) is 52.3 Å². The molecule has 3 heterocycles. The molecule has 0 spiro atoms. The maximum absolute atomic E-state index is 12.1. The lowest BCUT2D eigenvalue weighted by molar-refractivity contribution is -0.148. The van der Waals surface area contributed by atoms with E-state index in [1.54, 1.807) is 17.7 Å². The van der Waals surface area contributed by atoms with Crippen molar-refractivity contribution in [3.63, 3.8) is 0 Å². The summed E-state index contributed by atoms with van der Waals surface area (Å²) in [7, 11) is 0. The minimum absolute atomic E-state index is 0.00480. The number of rotatable bonds is 4. The van der Waals surface area contributed by atoms with Gasteiger partial charge in [0.2, 0.25) is 0 Å². The molecule has 1 fully saturated rings. The number of fused-ring (bicyclic) bond motifs is 1. The van der Waals surface area contributed by atoms with E-state index in [0.717, 1.165) is 42.0 Å². The van der Waals surface area contributed by atoms with Crippen LogP contribution in [0.3, 0.4) is 0 Å². The number of piperidine rings is 1. The Morgan fingerprint density at radius 1 is 1.21 bits per heavy atom. The molecule has 0 radical (unpaired) electrons. The van der Waals surface area contributed by atoms with E-state index in [1.807, 2.05) is 6.92 Å². The van der Waals surface area contributed by atoms with Crippen LogP contribution >= 0.6 is 11.3 Å². The van der Waals surface area contributed by atoms with Crippen LogP contribution in [0.15, 0.2) is 29.9 Å². The smallest absolute Gasteiger partial charge is 0.309 e. The SMILES string of the molecule is CCOC(=O)C1CCN(c2ncnc3scc(-c4ccc(C)cc4C)c23)CC1. The van der Waals surface area contributed by atoms with Gasteiger partial charge in [0.15, 0.2) is 0 Å². The molecule has 1 aliphatic heterocycles. The Morgan fingerprint density at radius 3 is 2.71 bits per heavy atom. The zero-order valence-corrected chi connectivity index (χ0v) is 17.4. The Balaban J connectivity index is 1.67. The van der Waals surface area contributed by atoms with Crippen molar-refractivity contribution in [3.05, 3.63) is 41.0 Å². The molecule has 0 bridgehead atoms. The minimum Gasteiger partial charge on any atom is -0.466 e. The quantitative estimate of drug-likeness (QED) is 0.597. The van der Waals surface area contributed by atoms with E-state index >= 15 is 0 Å². The summed E-state index contributed by atoms with van der Waals surface area (Å²) in [5, 5.41) is 3.31. The largest absolute Gasteiger partial charge is 0.466 e. The van der Waals surface area contributed by atoms with Gasteiger partial charge in [-0.1, -0.05) is 23.8 Å². The summed E-state index contributed by atoms with van der Waals surface area (Å²) in [6.07, 6.45) is 3.25. The van der Waals surface area contributed by atoms with Crippen LogP contribution in [0.5, 0.6) is 0 Å². The number of thiophene rings is 1. The lowest BCUT2D eigenvalue weighted by Gasteiger charge is -2.32. The fourth-order valence-electron chi connectivity index (χ4n) is 4.00. The van der Waals surface area contributed by atoms with Gasteiger partial charge in [0, 0.05) is 24.0 Å². The topological polar surface area (TPSA) is 55.3 Å². The average Bonchev–Trinajstić information content (AvgIpc) is 3.12. The van der Waals surface area contributed by atoms with Crippen molar-refractivity contribution in [1.29, 1.82) is 0 Å². The number of anilines is 1. The molecular weight excluding hydrogens is 370 g/mol. The second-order valence-electron chi connectivity index (χ2n) is 7.36. The van der Waals surface area contributed by atoms with Crippen LogP contribution in [0.1, 0.15) is 30.9 Å². The Bertz CT molecular complexity index is 1010. The molecule has 0 saturated carbocycles. The molecule has 2 aromatic heterocycles. The first-order valence-electron chi connectivity index (χ1n) is 9.80. The molecule has 5 nitrogen and oxygen atoms in total. The van der Waals surface area contributed by atoms with Gasteiger partial charge in [0.1, 0.15) is 17.0 Å². The minimum atomic E-state index is -0.0681. The number of hydrogen-bond acceptors (Lipinski definition) is 6. The normalized spacial score (nSPS) is 15.2. The number of nitrogens with zero attached hydrogens (tertiary/aromatic N) is 3. The summed E-state index contributed by atoms with van der Waals surface area (Å²) in [6, 6.07) is 6.56. The molecule has 4 rings (SSSR count). The highest BCUT2D eigenvalue weighted by atomic mass is 32.1. The van der Waals surface area contributed by atoms with E-state index in [4.69, 9.17) is 4.74 Å². The fraction of sp³-hybridized carbons (Fsp3) is 0.409. The lowest BCUT2D eigenvalue weighted by atomic mass is 9.96. The summed E-state index contributed by atoms with van der Waals surface area (Å²) < 4.78 is 5.20. The summed E-state index contributed by atoms with van der Waals surface area (Å²) in [6.45, 7) is 8.18. The van der Waals surface area contributed by atoms with Crippen molar-refractivity contribution in [2.75, 3.05) is 24.6 Å². The van der Waals surface area contributed by atoms with Gasteiger partial charge < -0.3 is 9.64 Å². The van der Waals surface area contributed by atoms with Crippen molar-refractivity contribution < 1.29 is 9.53 Å². The molecule has 6 heteroatoms. The second-order valence-corrected chi connectivity index (χ2v) is 8.22. The third-order valence-corrected chi connectivity index (χ3v) is 6.32. The highest BCUT2D eigenvalue weighted by Crippen LogP contribution is 2.40. The van der Waals surface area contributed by atoms with E-state index in [0.29, 0.717) is 6.61 Å². The highest BCUT2D eigenvalue weighted by molar-refractivity contribution is 7.17. The Hall–Kier alpha value is -2.47. The van der Waals surface area contributed by atoms with Crippen molar-refractivity contribution in [3.8, 4) is 11.1 Å². The van der Waals surface area contributed by atoms with Gasteiger partial charge in [-0.3, -0.25) is 4.79 Å². The number of aryl methyl sites for hydroxylation is 2. The first-order chi connectivity index (χ1) is 13.6. The lowest BCUT2D eigenvalue weighted by Crippen LogP contribution is -2.37. The first kappa shape index (κ1) is 18.9. The number of carbonyl (C=O) groups is 1. The molecule has 1 aliphatic rings. The van der Waals surface area contributed by atoms with Crippen LogP contribution < -0.4 is 4.90 Å². The third-order valence-electron chi connectivity index (χ3n) is 5.44. The van der Waals surface area contributed by atoms with Gasteiger partial charge in [-0.05, 0) is 44.7 Å². The number of benzene rings is 1. The van der Waals surface area contributed by atoms with Gasteiger partial charge >= 0.3 is 5.97 Å². The van der Waals surface area contributed by atoms with Gasteiger partial charge in [-0.15, -0.1) is 11.3 Å². The van der Waals surface area contributed by atoms with Crippen LogP contribution in [0, 0.1) is 19.8 Å². The number of ether oxygens (including phenoxy) is 1. The van der Waals surface area contributed by atoms with E-state index in [1.165, 1.54) is 22.3 Å². The fourth-order valence-corrected chi connectivity index (χ4v) is 4.90. The molecule has 28 heavy (non-hydrogen) atoms. The van der Waals surface area contributed by atoms with Gasteiger partial charge in [0.25, 0.3) is 0 Å². The predicted molar refractivity (Wildman–Crippen MR) is 114 cm³/mol. The third kappa shape index (κ3) is 3.49. The molecule has 146 valence electrons. The monoisotopic (exact) mass is 395 g/mol. The maximum Gasteiger partial charge on any atom is 0.309 e.